The first kappa shape index (κ1) is 18.0. The predicted octanol–water partition coefficient (Wildman–Crippen LogP) is 3.82. The summed E-state index contributed by atoms with van der Waals surface area (Å²) in [5.74, 6) is 0.911. The van der Waals surface area contributed by atoms with Crippen molar-refractivity contribution in [1.82, 2.24) is 4.98 Å². The summed E-state index contributed by atoms with van der Waals surface area (Å²) in [5.41, 5.74) is 15.3. The van der Waals surface area contributed by atoms with E-state index in [1.165, 1.54) is 33.5 Å². The van der Waals surface area contributed by atoms with Crippen LogP contribution in [0.2, 0.25) is 0 Å². The molecule has 2 aromatic carbocycles. The number of pyridine rings is 1. The zero-order valence-corrected chi connectivity index (χ0v) is 17.1. The molecule has 3 aromatic rings. The third-order valence-corrected chi connectivity index (χ3v) is 6.69. The highest BCUT2D eigenvalue weighted by Crippen LogP contribution is 2.50. The molecule has 29 heavy (non-hydrogen) atoms. The van der Waals surface area contributed by atoms with E-state index in [9.17, 15) is 0 Å². The first-order valence-corrected chi connectivity index (χ1v) is 10.4. The summed E-state index contributed by atoms with van der Waals surface area (Å²) in [5, 5.41) is 6.76. The van der Waals surface area contributed by atoms with Crippen molar-refractivity contribution in [3.63, 3.8) is 0 Å². The van der Waals surface area contributed by atoms with Crippen molar-refractivity contribution in [3.8, 4) is 0 Å². The molecule has 3 nitrogen and oxygen atoms in total. The minimum absolute atomic E-state index is 0.416. The van der Waals surface area contributed by atoms with Crippen LogP contribution in [-0.2, 0) is 6.42 Å². The van der Waals surface area contributed by atoms with Gasteiger partial charge in [0.1, 0.15) is 0 Å². The molecular formula is C26H27N3. The molecule has 2 atom stereocenters. The summed E-state index contributed by atoms with van der Waals surface area (Å²) in [6.45, 7) is 6.45. The summed E-state index contributed by atoms with van der Waals surface area (Å²) in [7, 11) is 2.03. The van der Waals surface area contributed by atoms with Crippen LogP contribution in [0.3, 0.4) is 0 Å². The number of nitrogens with zero attached hydrogens (tertiary/aromatic N) is 1. The fourth-order valence-corrected chi connectivity index (χ4v) is 5.53. The lowest BCUT2D eigenvalue weighted by molar-refractivity contribution is 0.419. The molecule has 2 bridgehead atoms. The van der Waals surface area contributed by atoms with E-state index in [2.05, 4.69) is 49.2 Å². The second kappa shape index (κ2) is 6.77. The summed E-state index contributed by atoms with van der Waals surface area (Å²) in [4.78, 5) is 5.09. The third-order valence-electron chi connectivity index (χ3n) is 6.69. The van der Waals surface area contributed by atoms with Gasteiger partial charge in [0.05, 0.1) is 5.52 Å². The number of para-hydroxylation sites is 1. The topological polar surface area (TPSA) is 50.9 Å². The molecule has 0 saturated carbocycles. The molecule has 2 unspecified atom stereocenters. The van der Waals surface area contributed by atoms with E-state index in [4.69, 9.17) is 10.7 Å². The summed E-state index contributed by atoms with van der Waals surface area (Å²) in [6.07, 6.45) is 3.11. The van der Waals surface area contributed by atoms with Crippen LogP contribution in [0.1, 0.15) is 36.9 Å². The van der Waals surface area contributed by atoms with E-state index < -0.39 is 0 Å². The summed E-state index contributed by atoms with van der Waals surface area (Å²) in [6, 6.07) is 16.6. The number of aromatic nitrogens is 1. The second-order valence-corrected chi connectivity index (χ2v) is 8.42. The minimum atomic E-state index is 0.416. The maximum Gasteiger partial charge on any atom is 0.0726 e. The van der Waals surface area contributed by atoms with Crippen molar-refractivity contribution in [2.75, 3.05) is 12.4 Å². The van der Waals surface area contributed by atoms with Crippen molar-refractivity contribution in [1.29, 1.82) is 0 Å². The second-order valence-electron chi connectivity index (χ2n) is 8.42. The molecule has 0 saturated heterocycles. The van der Waals surface area contributed by atoms with Crippen molar-refractivity contribution >= 4 is 28.9 Å². The Labute approximate surface area is 171 Å². The van der Waals surface area contributed by atoms with Gasteiger partial charge in [-0.2, -0.15) is 0 Å². The summed E-state index contributed by atoms with van der Waals surface area (Å²) < 4.78 is 0. The van der Waals surface area contributed by atoms with Gasteiger partial charge < -0.3 is 11.1 Å². The first-order valence-electron chi connectivity index (χ1n) is 10.4. The molecule has 3 heteroatoms. The Bertz CT molecular complexity index is 1270. The normalized spacial score (nSPS) is 21.7. The SMILES string of the molecule is C=c1cccc/c1=C(\N)C1=C(C)CC2CC1Cc1nc3ccccc3c(NC)c12. The van der Waals surface area contributed by atoms with Crippen LogP contribution in [0.15, 0.2) is 59.7 Å². The van der Waals surface area contributed by atoms with Crippen LogP contribution in [0.4, 0.5) is 5.69 Å². The van der Waals surface area contributed by atoms with Gasteiger partial charge in [-0.3, -0.25) is 4.98 Å². The van der Waals surface area contributed by atoms with E-state index in [0.717, 1.165) is 40.9 Å². The monoisotopic (exact) mass is 381 g/mol. The van der Waals surface area contributed by atoms with Gasteiger partial charge in [0.25, 0.3) is 0 Å². The molecule has 0 aliphatic heterocycles. The molecule has 1 aromatic heterocycles. The molecule has 3 N–H and O–H groups in total. The first-order chi connectivity index (χ1) is 14.1. The van der Waals surface area contributed by atoms with E-state index in [-0.39, 0.29) is 0 Å². The van der Waals surface area contributed by atoms with Gasteiger partial charge in [0, 0.05) is 40.3 Å². The van der Waals surface area contributed by atoms with Gasteiger partial charge in [-0.25, -0.2) is 0 Å². The van der Waals surface area contributed by atoms with Crippen molar-refractivity contribution < 1.29 is 0 Å². The Morgan fingerprint density at radius 1 is 1.07 bits per heavy atom. The Hall–Kier alpha value is -3.07. The van der Waals surface area contributed by atoms with Crippen LogP contribution < -0.4 is 21.5 Å². The average molecular weight is 382 g/mol. The van der Waals surface area contributed by atoms with Crippen molar-refractivity contribution in [2.45, 2.75) is 32.1 Å². The molecule has 0 amide bonds. The van der Waals surface area contributed by atoms with Crippen LogP contribution in [-0.4, -0.2) is 12.0 Å². The number of hydrogen-bond donors (Lipinski definition) is 2. The quantitative estimate of drug-likeness (QED) is 0.710. The molecule has 2 aliphatic rings. The number of benzene rings is 2. The van der Waals surface area contributed by atoms with Gasteiger partial charge in [0.15, 0.2) is 0 Å². The van der Waals surface area contributed by atoms with Gasteiger partial charge >= 0.3 is 0 Å². The number of nitrogens with two attached hydrogens (primary N) is 1. The average Bonchev–Trinajstić information content (AvgIpc) is 2.72. The van der Waals surface area contributed by atoms with Crippen LogP contribution in [0, 0.1) is 5.92 Å². The van der Waals surface area contributed by atoms with Crippen LogP contribution in [0.5, 0.6) is 0 Å². The molecular weight excluding hydrogens is 354 g/mol. The molecule has 0 fully saturated rings. The number of fused-ring (bicyclic) bond motifs is 5. The Morgan fingerprint density at radius 2 is 1.83 bits per heavy atom. The van der Waals surface area contributed by atoms with Crippen molar-refractivity contribution in [3.05, 3.63) is 81.4 Å². The lowest BCUT2D eigenvalue weighted by atomic mass is 9.66. The molecule has 1 heterocycles. The lowest BCUT2D eigenvalue weighted by Gasteiger charge is -2.39. The fraction of sp³-hybridized carbons (Fsp3) is 0.269. The molecule has 2 aliphatic carbocycles. The van der Waals surface area contributed by atoms with E-state index in [1.807, 2.05) is 25.2 Å². The van der Waals surface area contributed by atoms with Gasteiger partial charge in [-0.05, 0) is 54.9 Å². The van der Waals surface area contributed by atoms with Crippen LogP contribution in [0.25, 0.3) is 23.2 Å². The highest BCUT2D eigenvalue weighted by Gasteiger charge is 2.37. The Balaban J connectivity index is 1.69. The van der Waals surface area contributed by atoms with Gasteiger partial charge in [-0.1, -0.05) is 54.6 Å². The molecule has 146 valence electrons. The van der Waals surface area contributed by atoms with E-state index >= 15 is 0 Å². The number of nitrogens with one attached hydrogen (secondary N) is 1. The number of rotatable bonds is 2. The lowest BCUT2D eigenvalue weighted by Crippen LogP contribution is -2.34. The standard InChI is InChI=1S/C26H27N3/c1-15-8-4-5-9-19(15)25(27)23-16(2)12-17-13-18(23)14-22-24(17)26(28-3)20-10-6-7-11-21(20)29-22/h4-11,17-18H,1,12-14,27H2,2-3H3,(H,28,29)/b25-19+. The highest BCUT2D eigenvalue weighted by molar-refractivity contribution is 5.94. The minimum Gasteiger partial charge on any atom is -0.398 e. The van der Waals surface area contributed by atoms with Gasteiger partial charge in [-0.15, -0.1) is 0 Å². The maximum atomic E-state index is 6.75. The largest absolute Gasteiger partial charge is 0.398 e. The Morgan fingerprint density at radius 3 is 2.62 bits per heavy atom. The fourth-order valence-electron chi connectivity index (χ4n) is 5.53. The van der Waals surface area contributed by atoms with Crippen molar-refractivity contribution in [2.24, 2.45) is 11.7 Å². The Kier molecular flexibility index (Phi) is 4.20. The van der Waals surface area contributed by atoms with Crippen LogP contribution >= 0.6 is 0 Å². The third kappa shape index (κ3) is 2.76. The number of allylic oxidation sites excluding steroid dienone is 1. The van der Waals surface area contributed by atoms with Gasteiger partial charge in [0.2, 0.25) is 0 Å². The predicted molar refractivity (Wildman–Crippen MR) is 122 cm³/mol. The number of hydrogen-bond acceptors (Lipinski definition) is 3. The van der Waals surface area contributed by atoms with E-state index in [0.29, 0.717) is 11.8 Å². The maximum absolute atomic E-state index is 6.75. The smallest absolute Gasteiger partial charge is 0.0726 e. The zero-order chi connectivity index (χ0) is 20.1. The summed E-state index contributed by atoms with van der Waals surface area (Å²) >= 11 is 0. The molecule has 0 radical (unpaired) electrons. The molecule has 0 spiro atoms. The number of anilines is 1. The van der Waals surface area contributed by atoms with E-state index in [1.54, 1.807) is 0 Å². The highest BCUT2D eigenvalue weighted by atomic mass is 14.9. The zero-order valence-electron chi connectivity index (χ0n) is 17.1. The molecule has 5 rings (SSSR count).